The summed E-state index contributed by atoms with van der Waals surface area (Å²) in [7, 11) is 0. The molecule has 3 N–H and O–H groups in total. The Morgan fingerprint density at radius 3 is 2.82 bits per heavy atom. The van der Waals surface area contributed by atoms with E-state index in [1.807, 2.05) is 18.2 Å². The smallest absolute Gasteiger partial charge is 0.237 e. The average molecular weight is 304 g/mol. The minimum Gasteiger partial charge on any atom is -0.454 e. The molecule has 1 saturated carbocycles. The number of carbonyl (C=O) groups is 1. The summed E-state index contributed by atoms with van der Waals surface area (Å²) in [6.45, 7) is 0.727. The Bertz CT molecular complexity index is 527. The van der Waals surface area contributed by atoms with Crippen LogP contribution < -0.4 is 20.5 Å². The van der Waals surface area contributed by atoms with Crippen molar-refractivity contribution in [2.45, 2.75) is 51.1 Å². The fourth-order valence-corrected chi connectivity index (χ4v) is 3.26. The van der Waals surface area contributed by atoms with Crippen LogP contribution in [0, 0.1) is 5.92 Å². The molecule has 0 aromatic heterocycles. The molecule has 0 spiro atoms. The number of hydrogen-bond donors (Lipinski definition) is 2. The third-order valence-corrected chi connectivity index (χ3v) is 4.55. The van der Waals surface area contributed by atoms with Crippen LogP contribution in [-0.2, 0) is 11.3 Å². The quantitative estimate of drug-likeness (QED) is 0.875. The van der Waals surface area contributed by atoms with Crippen molar-refractivity contribution >= 4 is 5.91 Å². The summed E-state index contributed by atoms with van der Waals surface area (Å²) in [6.07, 6.45) is 7.09. The molecule has 5 nitrogen and oxygen atoms in total. The van der Waals surface area contributed by atoms with Crippen LogP contribution in [-0.4, -0.2) is 18.7 Å². The Hall–Kier alpha value is -1.75. The number of benzene rings is 1. The predicted octanol–water partition coefficient (Wildman–Crippen LogP) is 2.33. The van der Waals surface area contributed by atoms with Crippen molar-refractivity contribution in [1.29, 1.82) is 0 Å². The van der Waals surface area contributed by atoms with Crippen molar-refractivity contribution in [2.75, 3.05) is 6.79 Å². The van der Waals surface area contributed by atoms with E-state index in [2.05, 4.69) is 5.32 Å². The number of nitrogens with one attached hydrogen (secondary N) is 1. The first kappa shape index (κ1) is 15.2. The van der Waals surface area contributed by atoms with Crippen molar-refractivity contribution in [3.63, 3.8) is 0 Å². The molecule has 1 unspecified atom stereocenters. The summed E-state index contributed by atoms with van der Waals surface area (Å²) in [4.78, 5) is 12.1. The van der Waals surface area contributed by atoms with E-state index in [1.54, 1.807) is 0 Å². The van der Waals surface area contributed by atoms with Crippen LogP contribution in [0.5, 0.6) is 11.5 Å². The molecule has 1 aliphatic heterocycles. The highest BCUT2D eigenvalue weighted by molar-refractivity contribution is 5.81. The number of hydrogen-bond acceptors (Lipinski definition) is 4. The summed E-state index contributed by atoms with van der Waals surface area (Å²) in [5, 5.41) is 2.92. The molecule has 1 aromatic carbocycles. The molecule has 5 heteroatoms. The molecule has 1 fully saturated rings. The van der Waals surface area contributed by atoms with E-state index in [0.717, 1.165) is 23.5 Å². The molecule has 120 valence electrons. The zero-order valence-electron chi connectivity index (χ0n) is 12.8. The van der Waals surface area contributed by atoms with E-state index in [-0.39, 0.29) is 12.7 Å². The fourth-order valence-electron chi connectivity index (χ4n) is 3.26. The standard InChI is InChI=1S/C17H24N2O3/c18-14(8-12-4-2-1-3-5-12)17(20)19-10-13-6-7-15-16(9-13)22-11-21-15/h6-7,9,12,14H,1-5,8,10-11,18H2,(H,19,20). The van der Waals surface area contributed by atoms with Crippen molar-refractivity contribution in [1.82, 2.24) is 5.32 Å². The molecule has 3 rings (SSSR count). The van der Waals surface area contributed by atoms with Gasteiger partial charge in [0.1, 0.15) is 0 Å². The second kappa shape index (κ2) is 7.01. The van der Waals surface area contributed by atoms with E-state index in [9.17, 15) is 4.79 Å². The Kier molecular flexibility index (Phi) is 4.83. The van der Waals surface area contributed by atoms with Crippen LogP contribution in [0.25, 0.3) is 0 Å². The van der Waals surface area contributed by atoms with Gasteiger partial charge in [0, 0.05) is 6.54 Å². The number of carbonyl (C=O) groups excluding carboxylic acids is 1. The minimum atomic E-state index is -0.405. The van der Waals surface area contributed by atoms with Gasteiger partial charge in [0.15, 0.2) is 11.5 Å². The largest absolute Gasteiger partial charge is 0.454 e. The van der Waals surface area contributed by atoms with Crippen molar-refractivity contribution in [3.05, 3.63) is 23.8 Å². The topological polar surface area (TPSA) is 73.6 Å². The number of fused-ring (bicyclic) bond motifs is 1. The zero-order valence-corrected chi connectivity index (χ0v) is 12.8. The first-order chi connectivity index (χ1) is 10.7. The number of nitrogens with two attached hydrogens (primary N) is 1. The Labute approximate surface area is 131 Å². The lowest BCUT2D eigenvalue weighted by Crippen LogP contribution is -2.41. The van der Waals surface area contributed by atoms with Crippen molar-refractivity contribution in [3.8, 4) is 11.5 Å². The summed E-state index contributed by atoms with van der Waals surface area (Å²) < 4.78 is 10.6. The van der Waals surface area contributed by atoms with Crippen LogP contribution in [0.4, 0.5) is 0 Å². The summed E-state index contributed by atoms with van der Waals surface area (Å²) in [6, 6.07) is 5.29. The first-order valence-corrected chi connectivity index (χ1v) is 8.14. The highest BCUT2D eigenvalue weighted by Crippen LogP contribution is 2.32. The monoisotopic (exact) mass is 304 g/mol. The van der Waals surface area contributed by atoms with E-state index >= 15 is 0 Å². The van der Waals surface area contributed by atoms with E-state index in [1.165, 1.54) is 32.1 Å². The summed E-state index contributed by atoms with van der Waals surface area (Å²) in [5.41, 5.74) is 7.03. The van der Waals surface area contributed by atoms with Crippen LogP contribution in [0.15, 0.2) is 18.2 Å². The first-order valence-electron chi connectivity index (χ1n) is 8.14. The molecule has 1 heterocycles. The molecule has 1 aromatic rings. The van der Waals surface area contributed by atoms with Gasteiger partial charge in [0.25, 0.3) is 0 Å². The lowest BCUT2D eigenvalue weighted by atomic mass is 9.85. The molecule has 1 amide bonds. The second-order valence-electron chi connectivity index (χ2n) is 6.25. The molecule has 2 aliphatic rings. The van der Waals surface area contributed by atoms with Crippen molar-refractivity contribution in [2.24, 2.45) is 11.7 Å². The molecule has 1 atom stereocenters. The lowest BCUT2D eigenvalue weighted by molar-refractivity contribution is -0.123. The summed E-state index contributed by atoms with van der Waals surface area (Å²) in [5.74, 6) is 2.03. The minimum absolute atomic E-state index is 0.0664. The van der Waals surface area contributed by atoms with E-state index < -0.39 is 6.04 Å². The zero-order chi connectivity index (χ0) is 15.4. The van der Waals surface area contributed by atoms with Gasteiger partial charge in [0.05, 0.1) is 6.04 Å². The highest BCUT2D eigenvalue weighted by Gasteiger charge is 2.21. The number of ether oxygens (including phenoxy) is 2. The maximum absolute atomic E-state index is 12.1. The summed E-state index contributed by atoms with van der Waals surface area (Å²) >= 11 is 0. The van der Waals surface area contributed by atoms with Crippen molar-refractivity contribution < 1.29 is 14.3 Å². The lowest BCUT2D eigenvalue weighted by Gasteiger charge is -2.24. The van der Waals surface area contributed by atoms with Gasteiger partial charge < -0.3 is 20.5 Å². The second-order valence-corrected chi connectivity index (χ2v) is 6.25. The molecule has 22 heavy (non-hydrogen) atoms. The SMILES string of the molecule is NC(CC1CCCCC1)C(=O)NCc1ccc2c(c1)OCO2. The van der Waals surface area contributed by atoms with Gasteiger partial charge in [-0.25, -0.2) is 0 Å². The van der Waals surface area contributed by atoms with Gasteiger partial charge in [-0.05, 0) is 30.0 Å². The van der Waals surface area contributed by atoms with Gasteiger partial charge in [-0.2, -0.15) is 0 Å². The van der Waals surface area contributed by atoms with E-state index in [4.69, 9.17) is 15.2 Å². The maximum atomic E-state index is 12.1. The van der Waals surface area contributed by atoms with E-state index in [0.29, 0.717) is 12.5 Å². The number of amides is 1. The molecule has 1 aliphatic carbocycles. The van der Waals surface area contributed by atoms with Gasteiger partial charge >= 0.3 is 0 Å². The number of rotatable bonds is 5. The molecule has 0 bridgehead atoms. The van der Waals surface area contributed by atoms with Crippen LogP contribution in [0.2, 0.25) is 0 Å². The maximum Gasteiger partial charge on any atom is 0.237 e. The van der Waals surface area contributed by atoms with Crippen LogP contribution in [0.3, 0.4) is 0 Å². The fraction of sp³-hybridized carbons (Fsp3) is 0.588. The van der Waals surface area contributed by atoms with Gasteiger partial charge in [-0.3, -0.25) is 4.79 Å². The third-order valence-electron chi connectivity index (χ3n) is 4.55. The third kappa shape index (κ3) is 3.71. The van der Waals surface area contributed by atoms with Gasteiger partial charge in [-0.1, -0.05) is 38.2 Å². The Morgan fingerprint density at radius 2 is 2.00 bits per heavy atom. The Morgan fingerprint density at radius 1 is 1.23 bits per heavy atom. The van der Waals surface area contributed by atoms with Gasteiger partial charge in [-0.15, -0.1) is 0 Å². The highest BCUT2D eigenvalue weighted by atomic mass is 16.7. The molecular weight excluding hydrogens is 280 g/mol. The molecule has 0 saturated heterocycles. The van der Waals surface area contributed by atoms with Crippen LogP contribution >= 0.6 is 0 Å². The molecule has 0 radical (unpaired) electrons. The molecular formula is C17H24N2O3. The predicted molar refractivity (Wildman–Crippen MR) is 83.6 cm³/mol. The normalized spacial score (nSPS) is 19.0. The Balaban J connectivity index is 1.47. The van der Waals surface area contributed by atoms with Crippen LogP contribution in [0.1, 0.15) is 44.1 Å². The average Bonchev–Trinajstić information content (AvgIpc) is 3.01. The van der Waals surface area contributed by atoms with Gasteiger partial charge in [0.2, 0.25) is 12.7 Å².